The summed E-state index contributed by atoms with van der Waals surface area (Å²) in [6.07, 6.45) is 5.26. The molecule has 0 radical (unpaired) electrons. The summed E-state index contributed by atoms with van der Waals surface area (Å²) in [6, 6.07) is 17.5. The van der Waals surface area contributed by atoms with Gasteiger partial charge in [-0.3, -0.25) is 4.98 Å². The van der Waals surface area contributed by atoms with Gasteiger partial charge in [0.05, 0.1) is 42.0 Å². The van der Waals surface area contributed by atoms with Crippen molar-refractivity contribution < 1.29 is 4.74 Å². The molecule has 1 aliphatic rings. The third kappa shape index (κ3) is 5.23. The number of pyridine rings is 1. The quantitative estimate of drug-likeness (QED) is 0.316. The van der Waals surface area contributed by atoms with Crippen LogP contribution in [0.15, 0.2) is 82.5 Å². The molecule has 1 fully saturated rings. The minimum absolute atomic E-state index is 0.553. The van der Waals surface area contributed by atoms with Crippen molar-refractivity contribution in [1.29, 1.82) is 0 Å². The first-order chi connectivity index (χ1) is 16.7. The van der Waals surface area contributed by atoms with E-state index in [1.807, 2.05) is 35.9 Å². The average molecular weight is 510 g/mol. The molecule has 4 aromatic rings. The fraction of sp³-hybridized carbons (Fsp3) is 0.160. The van der Waals surface area contributed by atoms with Crippen LogP contribution in [0.5, 0.6) is 0 Å². The Morgan fingerprint density at radius 2 is 1.85 bits per heavy atom. The van der Waals surface area contributed by atoms with Gasteiger partial charge in [-0.1, -0.05) is 35.3 Å². The first-order valence-electron chi connectivity index (χ1n) is 10.8. The van der Waals surface area contributed by atoms with Gasteiger partial charge in [-0.15, -0.1) is 11.3 Å². The zero-order chi connectivity index (χ0) is 23.3. The molecule has 9 heteroatoms. The number of rotatable bonds is 5. The second-order valence-electron chi connectivity index (χ2n) is 7.60. The molecule has 1 saturated heterocycles. The molecule has 6 nitrogen and oxygen atoms in total. The van der Waals surface area contributed by atoms with E-state index in [0.29, 0.717) is 14.8 Å². The van der Waals surface area contributed by atoms with Crippen LogP contribution in [0.2, 0.25) is 10.0 Å². The van der Waals surface area contributed by atoms with Gasteiger partial charge >= 0.3 is 0 Å². The predicted octanol–water partition coefficient (Wildman–Crippen LogP) is 5.87. The van der Waals surface area contributed by atoms with Crippen molar-refractivity contribution in [3.05, 3.63) is 92.8 Å². The van der Waals surface area contributed by atoms with Gasteiger partial charge in [0.15, 0.2) is 0 Å². The van der Waals surface area contributed by atoms with E-state index in [2.05, 4.69) is 34.1 Å². The van der Waals surface area contributed by atoms with Crippen LogP contribution in [0, 0.1) is 0 Å². The second-order valence-corrected chi connectivity index (χ2v) is 9.28. The van der Waals surface area contributed by atoms with Crippen molar-refractivity contribution in [3.8, 4) is 11.3 Å². The molecule has 1 aliphatic heterocycles. The maximum atomic E-state index is 6.51. The van der Waals surface area contributed by atoms with Gasteiger partial charge in [-0.2, -0.15) is 5.10 Å². The molecule has 0 bridgehead atoms. The summed E-state index contributed by atoms with van der Waals surface area (Å²) in [5.41, 5.74) is 4.57. The second kappa shape index (κ2) is 10.5. The standard InChI is InChI=1S/C25H21Cl2N5OS/c26-19-5-8-22(23(27)14-19)24-17-34-25(30-20-2-1-9-28-16-20)32(24)29-15-18-3-6-21(7-4-18)31-10-12-33-13-11-31/h1-9,14-17H,10-13H2. The number of benzene rings is 2. The fourth-order valence-electron chi connectivity index (χ4n) is 3.62. The van der Waals surface area contributed by atoms with Crippen LogP contribution in [0.3, 0.4) is 0 Å². The zero-order valence-corrected chi connectivity index (χ0v) is 20.5. The topological polar surface area (TPSA) is 55.0 Å². The summed E-state index contributed by atoms with van der Waals surface area (Å²) < 4.78 is 7.24. The maximum Gasteiger partial charge on any atom is 0.211 e. The average Bonchev–Trinajstić information content (AvgIpc) is 3.26. The molecule has 5 rings (SSSR count). The first-order valence-corrected chi connectivity index (χ1v) is 12.4. The molecular weight excluding hydrogens is 489 g/mol. The van der Waals surface area contributed by atoms with E-state index in [0.717, 1.165) is 48.8 Å². The van der Waals surface area contributed by atoms with E-state index in [4.69, 9.17) is 38.0 Å². The van der Waals surface area contributed by atoms with Crippen molar-refractivity contribution in [2.24, 2.45) is 10.1 Å². The summed E-state index contributed by atoms with van der Waals surface area (Å²) in [6.45, 7) is 3.33. The van der Waals surface area contributed by atoms with E-state index in [-0.39, 0.29) is 0 Å². The Labute approximate surface area is 211 Å². The van der Waals surface area contributed by atoms with Crippen LogP contribution in [0.1, 0.15) is 5.56 Å². The monoisotopic (exact) mass is 509 g/mol. The molecule has 0 atom stereocenters. The van der Waals surface area contributed by atoms with Crippen molar-refractivity contribution in [2.75, 3.05) is 31.2 Å². The minimum Gasteiger partial charge on any atom is -0.378 e. The molecule has 3 heterocycles. The lowest BCUT2D eigenvalue weighted by Crippen LogP contribution is -2.36. The van der Waals surface area contributed by atoms with Gasteiger partial charge in [0.2, 0.25) is 4.80 Å². The molecule has 0 amide bonds. The number of thiazole rings is 1. The number of hydrogen-bond donors (Lipinski definition) is 0. The summed E-state index contributed by atoms with van der Waals surface area (Å²) >= 11 is 14.1. The van der Waals surface area contributed by atoms with Crippen molar-refractivity contribution in [2.45, 2.75) is 0 Å². The fourth-order valence-corrected chi connectivity index (χ4v) is 4.97. The highest BCUT2D eigenvalue weighted by atomic mass is 35.5. The highest BCUT2D eigenvalue weighted by Crippen LogP contribution is 2.31. The van der Waals surface area contributed by atoms with E-state index in [1.54, 1.807) is 23.1 Å². The van der Waals surface area contributed by atoms with E-state index < -0.39 is 0 Å². The molecule has 34 heavy (non-hydrogen) atoms. The van der Waals surface area contributed by atoms with Crippen LogP contribution in [-0.4, -0.2) is 42.2 Å². The number of aromatic nitrogens is 2. The zero-order valence-electron chi connectivity index (χ0n) is 18.1. The van der Waals surface area contributed by atoms with Crippen molar-refractivity contribution >= 4 is 52.1 Å². The normalized spacial score (nSPS) is 14.8. The van der Waals surface area contributed by atoms with E-state index in [1.165, 1.54) is 17.0 Å². The summed E-state index contributed by atoms with van der Waals surface area (Å²) in [4.78, 5) is 11.9. The molecular formula is C25H21Cl2N5OS. The number of ether oxygens (including phenoxy) is 1. The van der Waals surface area contributed by atoms with Crippen molar-refractivity contribution in [1.82, 2.24) is 9.66 Å². The Bertz CT molecular complexity index is 1360. The third-order valence-electron chi connectivity index (χ3n) is 5.35. The first kappa shape index (κ1) is 22.8. The van der Waals surface area contributed by atoms with Crippen LogP contribution in [-0.2, 0) is 4.74 Å². The Morgan fingerprint density at radius 3 is 2.59 bits per heavy atom. The Morgan fingerprint density at radius 1 is 1.03 bits per heavy atom. The highest BCUT2D eigenvalue weighted by molar-refractivity contribution is 7.07. The molecule has 0 N–H and O–H groups in total. The molecule has 2 aromatic carbocycles. The largest absolute Gasteiger partial charge is 0.378 e. The SMILES string of the molecule is Clc1ccc(-c2csc(=Nc3cccnc3)n2N=Cc2ccc(N3CCOCC3)cc2)c(Cl)c1. The lowest BCUT2D eigenvalue weighted by atomic mass is 10.2. The van der Waals surface area contributed by atoms with Crippen LogP contribution >= 0.6 is 34.5 Å². The molecule has 0 saturated carbocycles. The van der Waals surface area contributed by atoms with Crippen LogP contribution in [0.4, 0.5) is 11.4 Å². The Balaban J connectivity index is 1.51. The minimum atomic E-state index is 0.553. The Kier molecular flexibility index (Phi) is 7.06. The van der Waals surface area contributed by atoms with E-state index in [9.17, 15) is 0 Å². The van der Waals surface area contributed by atoms with Gasteiger partial charge in [-0.05, 0) is 48.0 Å². The van der Waals surface area contributed by atoms with Gasteiger partial charge in [-0.25, -0.2) is 9.67 Å². The van der Waals surface area contributed by atoms with Gasteiger partial charge < -0.3 is 9.64 Å². The van der Waals surface area contributed by atoms with Crippen LogP contribution in [0.25, 0.3) is 11.3 Å². The number of nitrogens with zero attached hydrogens (tertiary/aromatic N) is 5. The molecule has 0 spiro atoms. The molecule has 2 aromatic heterocycles. The van der Waals surface area contributed by atoms with Gasteiger partial charge in [0.25, 0.3) is 0 Å². The number of halogens is 2. The molecule has 0 aliphatic carbocycles. The lowest BCUT2D eigenvalue weighted by molar-refractivity contribution is 0.122. The number of morpholine rings is 1. The van der Waals surface area contributed by atoms with Crippen LogP contribution < -0.4 is 9.70 Å². The Hall–Kier alpha value is -2.97. The summed E-state index contributed by atoms with van der Waals surface area (Å²) in [7, 11) is 0. The summed E-state index contributed by atoms with van der Waals surface area (Å²) in [5.74, 6) is 0. The van der Waals surface area contributed by atoms with Gasteiger partial charge in [0, 0.05) is 40.9 Å². The van der Waals surface area contributed by atoms with Crippen molar-refractivity contribution in [3.63, 3.8) is 0 Å². The highest BCUT2D eigenvalue weighted by Gasteiger charge is 2.13. The van der Waals surface area contributed by atoms with E-state index >= 15 is 0 Å². The summed E-state index contributed by atoms with van der Waals surface area (Å²) in [5, 5.41) is 7.90. The predicted molar refractivity (Wildman–Crippen MR) is 140 cm³/mol. The lowest BCUT2D eigenvalue weighted by Gasteiger charge is -2.28. The number of hydrogen-bond acceptors (Lipinski definition) is 6. The molecule has 172 valence electrons. The van der Waals surface area contributed by atoms with Gasteiger partial charge in [0.1, 0.15) is 0 Å². The molecule has 0 unspecified atom stereocenters. The maximum absolute atomic E-state index is 6.51. The third-order valence-corrected chi connectivity index (χ3v) is 6.72. The smallest absolute Gasteiger partial charge is 0.211 e. The number of anilines is 1.